The smallest absolute Gasteiger partial charge is 0.279 e. The van der Waals surface area contributed by atoms with Crippen LogP contribution in [0.2, 0.25) is 0 Å². The second kappa shape index (κ2) is 10.9. The molecule has 170 valence electrons. The molecule has 1 saturated heterocycles. The van der Waals surface area contributed by atoms with Crippen LogP contribution in [0.25, 0.3) is 0 Å². The van der Waals surface area contributed by atoms with Gasteiger partial charge >= 0.3 is 0 Å². The molecule has 11 nitrogen and oxygen atoms in total. The molecule has 2 heterocycles. The highest BCUT2D eigenvalue weighted by Gasteiger charge is 2.26. The number of hydrogen-bond donors (Lipinski definition) is 3. The van der Waals surface area contributed by atoms with Crippen LogP contribution in [-0.4, -0.2) is 73.7 Å². The summed E-state index contributed by atoms with van der Waals surface area (Å²) in [6, 6.07) is 4.43. The number of benzene rings is 1. The van der Waals surface area contributed by atoms with E-state index in [9.17, 15) is 14.4 Å². The van der Waals surface area contributed by atoms with Gasteiger partial charge in [0.25, 0.3) is 11.8 Å². The highest BCUT2D eigenvalue weighted by atomic mass is 32.2. The first-order valence-corrected chi connectivity index (χ1v) is 10.7. The fourth-order valence-electron chi connectivity index (χ4n) is 2.97. The van der Waals surface area contributed by atoms with Gasteiger partial charge in [0.05, 0.1) is 26.1 Å². The van der Waals surface area contributed by atoms with Gasteiger partial charge < -0.3 is 19.5 Å². The zero-order valence-corrected chi connectivity index (χ0v) is 18.4. The zero-order valence-electron chi connectivity index (χ0n) is 17.6. The van der Waals surface area contributed by atoms with E-state index in [1.807, 2.05) is 0 Å². The second-order valence-electron chi connectivity index (χ2n) is 6.78. The van der Waals surface area contributed by atoms with Crippen molar-refractivity contribution >= 4 is 46.2 Å². The van der Waals surface area contributed by atoms with Crippen molar-refractivity contribution in [2.75, 3.05) is 33.1 Å². The summed E-state index contributed by atoms with van der Waals surface area (Å²) in [6.45, 7) is 1.14. The van der Waals surface area contributed by atoms with Gasteiger partial charge in [0, 0.05) is 18.7 Å². The summed E-state index contributed by atoms with van der Waals surface area (Å²) in [5.74, 6) is -1.42. The molecule has 3 amide bonds. The van der Waals surface area contributed by atoms with Crippen molar-refractivity contribution in [2.45, 2.75) is 18.9 Å². The lowest BCUT2D eigenvalue weighted by Gasteiger charge is -2.15. The Morgan fingerprint density at radius 3 is 2.78 bits per heavy atom. The SMILES string of the molecule is COc1ccc(C(=O)N=C2C(=N)N=C(SCC(=O)NCC3CCCO3)NC2=O)cc1OC. The number of amidine groups is 2. The number of aliphatic imine (C=N–C) groups is 2. The lowest BCUT2D eigenvalue weighted by Crippen LogP contribution is -2.44. The van der Waals surface area contributed by atoms with Crippen LogP contribution in [0.3, 0.4) is 0 Å². The Morgan fingerprint density at radius 1 is 1.34 bits per heavy atom. The number of carbonyl (C=O) groups is 3. The van der Waals surface area contributed by atoms with Crippen molar-refractivity contribution in [2.24, 2.45) is 9.98 Å². The van der Waals surface area contributed by atoms with Crippen LogP contribution in [0.1, 0.15) is 23.2 Å². The van der Waals surface area contributed by atoms with Crippen LogP contribution in [-0.2, 0) is 14.3 Å². The van der Waals surface area contributed by atoms with Gasteiger partial charge in [-0.3, -0.25) is 25.1 Å². The molecule has 3 rings (SSSR count). The van der Waals surface area contributed by atoms with Crippen molar-refractivity contribution < 1.29 is 28.6 Å². The van der Waals surface area contributed by atoms with Crippen LogP contribution in [0.5, 0.6) is 11.5 Å². The minimum Gasteiger partial charge on any atom is -0.493 e. The Balaban J connectivity index is 1.59. The molecule has 0 bridgehead atoms. The van der Waals surface area contributed by atoms with Crippen molar-refractivity contribution in [1.29, 1.82) is 5.41 Å². The zero-order chi connectivity index (χ0) is 23.1. The Hall–Kier alpha value is -3.25. The molecule has 1 unspecified atom stereocenters. The molecular weight excluding hydrogens is 438 g/mol. The lowest BCUT2D eigenvalue weighted by atomic mass is 10.2. The molecule has 1 atom stereocenters. The molecule has 1 fully saturated rings. The monoisotopic (exact) mass is 461 g/mol. The third-order valence-corrected chi connectivity index (χ3v) is 5.48. The average Bonchev–Trinajstić information content (AvgIpc) is 3.31. The van der Waals surface area contributed by atoms with Gasteiger partial charge in [0.1, 0.15) is 0 Å². The molecule has 3 N–H and O–H groups in total. The molecule has 12 heteroatoms. The molecule has 2 aliphatic heterocycles. The van der Waals surface area contributed by atoms with Gasteiger partial charge in [-0.15, -0.1) is 0 Å². The van der Waals surface area contributed by atoms with Gasteiger partial charge in [-0.2, -0.15) is 4.99 Å². The molecule has 0 aromatic heterocycles. The summed E-state index contributed by atoms with van der Waals surface area (Å²) >= 11 is 0.976. The molecule has 1 aromatic rings. The predicted molar refractivity (Wildman–Crippen MR) is 119 cm³/mol. The summed E-state index contributed by atoms with van der Waals surface area (Å²) in [4.78, 5) is 44.5. The molecule has 0 saturated carbocycles. The van der Waals surface area contributed by atoms with Crippen LogP contribution in [0.4, 0.5) is 0 Å². The Bertz CT molecular complexity index is 987. The van der Waals surface area contributed by atoms with E-state index in [4.69, 9.17) is 19.6 Å². The van der Waals surface area contributed by atoms with Gasteiger partial charge in [-0.25, -0.2) is 4.99 Å². The normalized spacial score (nSPS) is 19.4. The summed E-state index contributed by atoms with van der Waals surface area (Å²) in [7, 11) is 2.90. The number of carbonyl (C=O) groups excluding carboxylic acids is 3. The average molecular weight is 462 g/mol. The maximum Gasteiger partial charge on any atom is 0.279 e. The first-order chi connectivity index (χ1) is 15.4. The number of thioether (sulfide) groups is 1. The summed E-state index contributed by atoms with van der Waals surface area (Å²) in [5.41, 5.74) is -0.264. The van der Waals surface area contributed by atoms with E-state index in [1.54, 1.807) is 0 Å². The molecule has 0 spiro atoms. The van der Waals surface area contributed by atoms with E-state index in [1.165, 1.54) is 32.4 Å². The topological polar surface area (TPSA) is 152 Å². The maximum absolute atomic E-state index is 12.5. The third-order valence-electron chi connectivity index (χ3n) is 4.61. The second-order valence-corrected chi connectivity index (χ2v) is 7.75. The standard InChI is InChI=1S/C20H23N5O6S/c1-29-13-6-5-11(8-14(13)30-2)18(27)23-16-17(21)24-20(25-19(16)28)32-10-15(26)22-9-12-4-3-7-31-12/h5-6,8,12H,3-4,7,9-10H2,1-2H3,(H,22,26)(H2,21,24,25,28). The largest absolute Gasteiger partial charge is 0.493 e. The van der Waals surface area contributed by atoms with Gasteiger partial charge in [0.2, 0.25) is 5.91 Å². The number of ether oxygens (including phenoxy) is 3. The van der Waals surface area contributed by atoms with Crippen LogP contribution < -0.4 is 20.1 Å². The first-order valence-electron chi connectivity index (χ1n) is 9.76. The van der Waals surface area contributed by atoms with Crippen molar-refractivity contribution in [3.05, 3.63) is 23.8 Å². The molecule has 0 aliphatic carbocycles. The maximum atomic E-state index is 12.5. The lowest BCUT2D eigenvalue weighted by molar-refractivity contribution is -0.119. The number of hydrogen-bond acceptors (Lipinski definition) is 8. The van der Waals surface area contributed by atoms with Crippen molar-refractivity contribution in [1.82, 2.24) is 10.6 Å². The van der Waals surface area contributed by atoms with Gasteiger partial charge in [0.15, 0.2) is 28.2 Å². The Morgan fingerprint density at radius 2 is 2.12 bits per heavy atom. The molecular formula is C20H23N5O6S. The van der Waals surface area contributed by atoms with E-state index >= 15 is 0 Å². The molecule has 32 heavy (non-hydrogen) atoms. The van der Waals surface area contributed by atoms with E-state index in [0.717, 1.165) is 24.6 Å². The number of amides is 3. The van der Waals surface area contributed by atoms with Gasteiger partial charge in [-0.1, -0.05) is 11.8 Å². The number of nitrogens with zero attached hydrogens (tertiary/aromatic N) is 2. The predicted octanol–water partition coefficient (Wildman–Crippen LogP) is 0.776. The molecule has 2 aliphatic rings. The summed E-state index contributed by atoms with van der Waals surface area (Å²) in [6.07, 6.45) is 1.93. The van der Waals surface area contributed by atoms with Crippen LogP contribution in [0.15, 0.2) is 28.2 Å². The number of rotatable bonds is 7. The fraction of sp³-hybridized carbons (Fsp3) is 0.400. The minimum absolute atomic E-state index is 0.0101. The summed E-state index contributed by atoms with van der Waals surface area (Å²) < 4.78 is 15.7. The molecule has 0 radical (unpaired) electrons. The van der Waals surface area contributed by atoms with Crippen LogP contribution >= 0.6 is 11.8 Å². The highest BCUT2D eigenvalue weighted by molar-refractivity contribution is 8.14. The summed E-state index contributed by atoms with van der Waals surface area (Å²) in [5, 5.41) is 13.3. The van der Waals surface area contributed by atoms with Crippen LogP contribution in [0, 0.1) is 5.41 Å². The minimum atomic E-state index is -0.749. The van der Waals surface area contributed by atoms with Crippen molar-refractivity contribution in [3.8, 4) is 11.5 Å². The number of methoxy groups -OCH3 is 2. The highest BCUT2D eigenvalue weighted by Crippen LogP contribution is 2.27. The fourth-order valence-corrected chi connectivity index (χ4v) is 3.66. The number of nitrogens with one attached hydrogen (secondary N) is 3. The quantitative estimate of drug-likeness (QED) is 0.542. The third kappa shape index (κ3) is 5.92. The van der Waals surface area contributed by atoms with Crippen molar-refractivity contribution in [3.63, 3.8) is 0 Å². The Kier molecular flexibility index (Phi) is 7.95. The van der Waals surface area contributed by atoms with E-state index in [2.05, 4.69) is 20.6 Å². The van der Waals surface area contributed by atoms with E-state index in [-0.39, 0.29) is 28.5 Å². The van der Waals surface area contributed by atoms with E-state index < -0.39 is 23.4 Å². The van der Waals surface area contributed by atoms with E-state index in [0.29, 0.717) is 24.7 Å². The van der Waals surface area contributed by atoms with Gasteiger partial charge in [-0.05, 0) is 31.0 Å². The first kappa shape index (κ1) is 23.4. The Labute approximate surface area is 188 Å². The molecule has 1 aromatic carbocycles.